The first kappa shape index (κ1) is 14.9. The molecule has 2 rings (SSSR count). The third kappa shape index (κ3) is 3.56. The molecule has 0 bridgehead atoms. The molecule has 0 radical (unpaired) electrons. The van der Waals surface area contributed by atoms with E-state index in [9.17, 15) is 0 Å². The van der Waals surface area contributed by atoms with Crippen molar-refractivity contribution in [3.63, 3.8) is 0 Å². The molecule has 0 saturated heterocycles. The van der Waals surface area contributed by atoms with Crippen molar-refractivity contribution >= 4 is 11.3 Å². The molecule has 1 aliphatic carbocycles. The van der Waals surface area contributed by atoms with Crippen molar-refractivity contribution in [2.45, 2.75) is 45.1 Å². The summed E-state index contributed by atoms with van der Waals surface area (Å²) in [5, 5.41) is 7.06. The number of nitrogens with zero attached hydrogens (tertiary/aromatic N) is 1. The van der Waals surface area contributed by atoms with Crippen LogP contribution >= 0.6 is 11.3 Å². The van der Waals surface area contributed by atoms with Gasteiger partial charge in [-0.15, -0.1) is 11.3 Å². The van der Waals surface area contributed by atoms with Crippen LogP contribution in [-0.4, -0.2) is 25.2 Å². The van der Waals surface area contributed by atoms with Crippen molar-refractivity contribution in [1.29, 1.82) is 0 Å². The van der Waals surface area contributed by atoms with Gasteiger partial charge in [0.2, 0.25) is 0 Å². The van der Waals surface area contributed by atoms with E-state index in [4.69, 9.17) is 4.74 Å². The highest BCUT2D eigenvalue weighted by Gasteiger charge is 2.38. The average molecular weight is 282 g/mol. The van der Waals surface area contributed by atoms with Crippen LogP contribution in [0.5, 0.6) is 0 Å². The Hall–Kier alpha value is -0.450. The van der Waals surface area contributed by atoms with Gasteiger partial charge in [0, 0.05) is 25.2 Å². The lowest BCUT2D eigenvalue weighted by atomic mass is 9.73. The molecule has 4 heteroatoms. The van der Waals surface area contributed by atoms with Crippen LogP contribution in [0.2, 0.25) is 0 Å². The van der Waals surface area contributed by atoms with Crippen LogP contribution < -0.4 is 5.32 Å². The molecule has 1 saturated carbocycles. The van der Waals surface area contributed by atoms with Crippen molar-refractivity contribution in [2.24, 2.45) is 11.8 Å². The van der Waals surface area contributed by atoms with E-state index in [-0.39, 0.29) is 5.54 Å². The summed E-state index contributed by atoms with van der Waals surface area (Å²) in [5.41, 5.74) is 0.0953. The predicted molar refractivity (Wildman–Crippen MR) is 80.5 cm³/mol. The second-order valence-electron chi connectivity index (χ2n) is 5.92. The first-order valence-corrected chi connectivity index (χ1v) is 8.20. The highest BCUT2D eigenvalue weighted by atomic mass is 32.1. The Morgan fingerprint density at radius 2 is 2.21 bits per heavy atom. The molecule has 1 fully saturated rings. The van der Waals surface area contributed by atoms with E-state index in [1.54, 1.807) is 18.4 Å². The summed E-state index contributed by atoms with van der Waals surface area (Å²) in [6.45, 7) is 6.36. The Kier molecular flexibility index (Phi) is 5.37. The second-order valence-corrected chi connectivity index (χ2v) is 6.81. The zero-order chi connectivity index (χ0) is 13.7. The zero-order valence-electron chi connectivity index (χ0n) is 12.3. The van der Waals surface area contributed by atoms with E-state index < -0.39 is 0 Å². The molecule has 0 atom stereocenters. The predicted octanol–water partition coefficient (Wildman–Crippen LogP) is 3.42. The quantitative estimate of drug-likeness (QED) is 0.812. The first-order chi connectivity index (χ1) is 9.18. The number of nitrogens with one attached hydrogen (secondary N) is 1. The molecule has 1 heterocycles. The van der Waals surface area contributed by atoms with Gasteiger partial charge >= 0.3 is 0 Å². The van der Waals surface area contributed by atoms with Gasteiger partial charge < -0.3 is 10.1 Å². The maximum atomic E-state index is 5.18. The molecule has 108 valence electrons. The summed E-state index contributed by atoms with van der Waals surface area (Å²) < 4.78 is 5.18. The third-order valence-corrected chi connectivity index (χ3v) is 5.42. The Bertz CT molecular complexity index is 356. The van der Waals surface area contributed by atoms with Crippen molar-refractivity contribution in [3.8, 4) is 0 Å². The summed E-state index contributed by atoms with van der Waals surface area (Å²) in [6, 6.07) is 0. The lowest BCUT2D eigenvalue weighted by molar-refractivity contribution is 0.137. The number of thiazole rings is 1. The summed E-state index contributed by atoms with van der Waals surface area (Å²) in [6.07, 6.45) is 6.93. The van der Waals surface area contributed by atoms with Gasteiger partial charge in [-0.1, -0.05) is 13.8 Å². The van der Waals surface area contributed by atoms with Crippen molar-refractivity contribution in [1.82, 2.24) is 10.3 Å². The van der Waals surface area contributed by atoms with Crippen LogP contribution in [0.25, 0.3) is 0 Å². The maximum Gasteiger partial charge on any atom is 0.113 e. The normalized spacial score (nSPS) is 27.9. The van der Waals surface area contributed by atoms with E-state index in [0.717, 1.165) is 25.0 Å². The Morgan fingerprint density at radius 3 is 2.74 bits per heavy atom. The average Bonchev–Trinajstić information content (AvgIpc) is 2.94. The van der Waals surface area contributed by atoms with E-state index in [1.165, 1.54) is 30.7 Å². The fourth-order valence-electron chi connectivity index (χ4n) is 3.12. The fourth-order valence-corrected chi connectivity index (χ4v) is 3.99. The van der Waals surface area contributed by atoms with Gasteiger partial charge in [-0.2, -0.15) is 0 Å². The highest BCUT2D eigenvalue weighted by molar-refractivity contribution is 7.09. The van der Waals surface area contributed by atoms with E-state index >= 15 is 0 Å². The van der Waals surface area contributed by atoms with Crippen LogP contribution in [0.3, 0.4) is 0 Å². The molecule has 3 nitrogen and oxygen atoms in total. The number of aromatic nitrogens is 1. The summed E-state index contributed by atoms with van der Waals surface area (Å²) >= 11 is 1.78. The van der Waals surface area contributed by atoms with E-state index in [1.807, 2.05) is 6.20 Å². The molecule has 0 amide bonds. The number of methoxy groups -OCH3 is 1. The molecular weight excluding hydrogens is 256 g/mol. The Morgan fingerprint density at radius 1 is 1.47 bits per heavy atom. The van der Waals surface area contributed by atoms with Gasteiger partial charge in [0.25, 0.3) is 0 Å². The molecular formula is C15H26N2OS. The lowest BCUT2D eigenvalue weighted by Gasteiger charge is -2.41. The second kappa shape index (κ2) is 6.82. The minimum absolute atomic E-state index is 0.0953. The number of hydrogen-bond acceptors (Lipinski definition) is 4. The Balaban J connectivity index is 2.04. The van der Waals surface area contributed by atoms with Crippen LogP contribution in [0.1, 0.15) is 44.5 Å². The summed E-state index contributed by atoms with van der Waals surface area (Å²) in [4.78, 5) is 4.58. The summed E-state index contributed by atoms with van der Waals surface area (Å²) in [7, 11) is 1.76. The number of rotatable bonds is 6. The molecule has 19 heavy (non-hydrogen) atoms. The highest BCUT2D eigenvalue weighted by Crippen LogP contribution is 2.42. The molecule has 0 aromatic carbocycles. The van der Waals surface area contributed by atoms with Gasteiger partial charge in [0.1, 0.15) is 5.01 Å². The minimum atomic E-state index is 0.0953. The number of ether oxygens (including phenoxy) is 1. The van der Waals surface area contributed by atoms with Crippen molar-refractivity contribution in [3.05, 3.63) is 16.6 Å². The fraction of sp³-hybridized carbons (Fsp3) is 0.800. The molecule has 1 aliphatic rings. The standard InChI is InChI=1S/C15H26N2OS/c1-12(2)13-4-6-15(7-5-13,17-8-10-18-3)14-16-9-11-19-14/h9,11-13,17H,4-8,10H2,1-3H3. The zero-order valence-corrected chi connectivity index (χ0v) is 13.1. The van der Waals surface area contributed by atoms with Crippen LogP contribution in [-0.2, 0) is 10.3 Å². The van der Waals surface area contributed by atoms with Crippen LogP contribution in [0.4, 0.5) is 0 Å². The van der Waals surface area contributed by atoms with Crippen LogP contribution in [0, 0.1) is 11.8 Å². The molecule has 1 aromatic rings. The largest absolute Gasteiger partial charge is 0.383 e. The molecule has 0 spiro atoms. The SMILES string of the molecule is COCCNC1(c2nccs2)CCC(C(C)C)CC1. The molecule has 1 aromatic heterocycles. The monoisotopic (exact) mass is 282 g/mol. The van der Waals surface area contributed by atoms with Gasteiger partial charge in [0.15, 0.2) is 0 Å². The van der Waals surface area contributed by atoms with E-state index in [2.05, 4.69) is 29.5 Å². The molecule has 0 aliphatic heterocycles. The topological polar surface area (TPSA) is 34.1 Å². The molecule has 0 unspecified atom stereocenters. The molecule has 1 N–H and O–H groups in total. The van der Waals surface area contributed by atoms with Crippen molar-refractivity contribution in [2.75, 3.05) is 20.3 Å². The lowest BCUT2D eigenvalue weighted by Crippen LogP contribution is -2.46. The van der Waals surface area contributed by atoms with Crippen LogP contribution in [0.15, 0.2) is 11.6 Å². The number of hydrogen-bond donors (Lipinski definition) is 1. The summed E-state index contributed by atoms with van der Waals surface area (Å²) in [5.74, 6) is 1.67. The van der Waals surface area contributed by atoms with Gasteiger partial charge in [0.05, 0.1) is 12.1 Å². The maximum absolute atomic E-state index is 5.18. The van der Waals surface area contributed by atoms with Gasteiger partial charge in [-0.3, -0.25) is 0 Å². The Labute approximate surface area is 120 Å². The third-order valence-electron chi connectivity index (χ3n) is 4.44. The van der Waals surface area contributed by atoms with Gasteiger partial charge in [-0.25, -0.2) is 4.98 Å². The van der Waals surface area contributed by atoms with Gasteiger partial charge in [-0.05, 0) is 37.5 Å². The first-order valence-electron chi connectivity index (χ1n) is 7.32. The van der Waals surface area contributed by atoms with Crippen molar-refractivity contribution < 1.29 is 4.74 Å². The van der Waals surface area contributed by atoms with E-state index in [0.29, 0.717) is 0 Å². The smallest absolute Gasteiger partial charge is 0.113 e. The minimum Gasteiger partial charge on any atom is -0.383 e.